The third-order valence-electron chi connectivity index (χ3n) is 4.10. The Morgan fingerprint density at radius 3 is 2.60 bits per heavy atom. The van der Waals surface area contributed by atoms with Gasteiger partial charge in [-0.15, -0.1) is 0 Å². The van der Waals surface area contributed by atoms with Crippen LogP contribution in [0.4, 0.5) is 0 Å². The maximum absolute atomic E-state index is 10.7. The van der Waals surface area contributed by atoms with Crippen molar-refractivity contribution in [2.45, 2.75) is 25.8 Å². The number of ether oxygens (including phenoxy) is 2. The largest absolute Gasteiger partial charge is 0.493 e. The highest BCUT2D eigenvalue weighted by molar-refractivity contribution is 5.66. The minimum absolute atomic E-state index is 0.211. The number of methoxy groups -OCH3 is 2. The Kier molecular flexibility index (Phi) is 4.49. The van der Waals surface area contributed by atoms with Crippen molar-refractivity contribution >= 4 is 5.97 Å². The first kappa shape index (κ1) is 14.7. The Hall–Kier alpha value is -1.75. The van der Waals surface area contributed by atoms with Crippen molar-refractivity contribution in [3.63, 3.8) is 0 Å². The second kappa shape index (κ2) is 6.13. The minimum atomic E-state index is -0.734. The number of carbonyl (C=O) groups is 1. The Labute approximate surface area is 119 Å². The normalized spacial score (nSPS) is 21.1. The summed E-state index contributed by atoms with van der Waals surface area (Å²) in [6.07, 6.45) is 1.15. The van der Waals surface area contributed by atoms with E-state index in [1.54, 1.807) is 14.2 Å². The number of hydrogen-bond donors (Lipinski definition) is 2. The molecule has 2 rings (SSSR count). The molecule has 1 aliphatic rings. The second-order valence-electron chi connectivity index (χ2n) is 5.18. The lowest BCUT2D eigenvalue weighted by Crippen LogP contribution is -3.13. The number of benzene rings is 1. The molecule has 0 aliphatic carbocycles. The third kappa shape index (κ3) is 2.88. The minimum Gasteiger partial charge on any atom is -0.493 e. The van der Waals surface area contributed by atoms with Gasteiger partial charge < -0.3 is 19.5 Å². The maximum Gasteiger partial charge on any atom is 0.309 e. The van der Waals surface area contributed by atoms with E-state index in [9.17, 15) is 4.79 Å². The molecule has 20 heavy (non-hydrogen) atoms. The molecule has 0 saturated heterocycles. The number of carboxylic acid groups (broad SMARTS) is 1. The molecule has 1 heterocycles. The highest BCUT2D eigenvalue weighted by atomic mass is 16.5. The van der Waals surface area contributed by atoms with Gasteiger partial charge in [-0.1, -0.05) is 0 Å². The van der Waals surface area contributed by atoms with Gasteiger partial charge in [-0.05, 0) is 24.6 Å². The number of quaternary nitrogens is 1. The zero-order valence-corrected chi connectivity index (χ0v) is 12.2. The molecule has 0 saturated carbocycles. The monoisotopic (exact) mass is 280 g/mol. The van der Waals surface area contributed by atoms with E-state index in [0.29, 0.717) is 6.54 Å². The molecular weight excluding hydrogens is 258 g/mol. The summed E-state index contributed by atoms with van der Waals surface area (Å²) in [5.41, 5.74) is 2.50. The molecule has 0 aromatic heterocycles. The van der Waals surface area contributed by atoms with E-state index in [4.69, 9.17) is 14.6 Å². The molecule has 2 atom stereocenters. The molecule has 5 nitrogen and oxygen atoms in total. The van der Waals surface area contributed by atoms with Crippen LogP contribution >= 0.6 is 0 Å². The van der Waals surface area contributed by atoms with Crippen molar-refractivity contribution in [2.24, 2.45) is 0 Å². The summed E-state index contributed by atoms with van der Waals surface area (Å²) in [6.45, 7) is 3.75. The molecule has 0 fully saturated rings. The van der Waals surface area contributed by atoms with E-state index in [0.717, 1.165) is 24.5 Å². The molecule has 1 aromatic carbocycles. The first-order valence-corrected chi connectivity index (χ1v) is 6.88. The highest BCUT2D eigenvalue weighted by Gasteiger charge is 2.29. The molecule has 0 bridgehead atoms. The molecule has 1 aromatic rings. The Bertz CT molecular complexity index is 501. The van der Waals surface area contributed by atoms with Gasteiger partial charge in [-0.25, -0.2) is 0 Å². The Morgan fingerprint density at radius 1 is 1.35 bits per heavy atom. The van der Waals surface area contributed by atoms with Gasteiger partial charge in [0.2, 0.25) is 0 Å². The van der Waals surface area contributed by atoms with Crippen LogP contribution < -0.4 is 14.4 Å². The number of carboxylic acids is 1. The number of nitrogens with one attached hydrogen (secondary N) is 1. The van der Waals surface area contributed by atoms with Crippen LogP contribution in [0.15, 0.2) is 12.1 Å². The van der Waals surface area contributed by atoms with Crippen molar-refractivity contribution in [1.29, 1.82) is 0 Å². The predicted molar refractivity (Wildman–Crippen MR) is 74.6 cm³/mol. The predicted octanol–water partition coefficient (Wildman–Crippen LogP) is 0.680. The van der Waals surface area contributed by atoms with Gasteiger partial charge in [0.25, 0.3) is 0 Å². The van der Waals surface area contributed by atoms with E-state index in [1.165, 1.54) is 16.0 Å². The van der Waals surface area contributed by atoms with E-state index >= 15 is 0 Å². The number of fused-ring (bicyclic) bond motifs is 1. The third-order valence-corrected chi connectivity index (χ3v) is 4.10. The lowest BCUT2D eigenvalue weighted by Gasteiger charge is -2.32. The molecule has 0 amide bonds. The molecule has 110 valence electrons. The highest BCUT2D eigenvalue weighted by Crippen LogP contribution is 2.33. The van der Waals surface area contributed by atoms with Crippen molar-refractivity contribution in [3.05, 3.63) is 23.3 Å². The van der Waals surface area contributed by atoms with Gasteiger partial charge in [-0.2, -0.15) is 0 Å². The fourth-order valence-electron chi connectivity index (χ4n) is 2.90. The number of rotatable bonds is 5. The quantitative estimate of drug-likeness (QED) is 0.833. The summed E-state index contributed by atoms with van der Waals surface area (Å²) in [5, 5.41) is 8.83. The van der Waals surface area contributed by atoms with Crippen LogP contribution in [-0.2, 0) is 11.2 Å². The molecule has 1 aliphatic heterocycles. The Morgan fingerprint density at radius 2 is 2.00 bits per heavy atom. The van der Waals surface area contributed by atoms with Crippen LogP contribution in [0.25, 0.3) is 0 Å². The first-order chi connectivity index (χ1) is 9.56. The fraction of sp³-hybridized carbons (Fsp3) is 0.533. The van der Waals surface area contributed by atoms with Crippen molar-refractivity contribution in [2.75, 3.05) is 27.3 Å². The van der Waals surface area contributed by atoms with Crippen molar-refractivity contribution < 1.29 is 24.3 Å². The van der Waals surface area contributed by atoms with Crippen LogP contribution in [0.3, 0.4) is 0 Å². The van der Waals surface area contributed by atoms with Crippen LogP contribution in [-0.4, -0.2) is 38.4 Å². The molecular formula is C15H22NO4+. The maximum atomic E-state index is 10.7. The average molecular weight is 280 g/mol. The average Bonchev–Trinajstić information content (AvgIpc) is 2.45. The second-order valence-corrected chi connectivity index (χ2v) is 5.18. The van der Waals surface area contributed by atoms with E-state index in [1.807, 2.05) is 12.1 Å². The SMILES string of the molecule is COc1cc2c(cc1OC)C(C)[NH+](CCC(=O)O)CC2. The van der Waals surface area contributed by atoms with Crippen LogP contribution in [0.5, 0.6) is 11.5 Å². The summed E-state index contributed by atoms with van der Waals surface area (Å²) in [5.74, 6) is 0.757. The number of aliphatic carboxylic acids is 1. The van der Waals surface area contributed by atoms with Crippen LogP contribution in [0, 0.1) is 0 Å². The van der Waals surface area contributed by atoms with E-state index < -0.39 is 5.97 Å². The molecule has 5 heteroatoms. The zero-order chi connectivity index (χ0) is 14.7. The fourth-order valence-corrected chi connectivity index (χ4v) is 2.90. The van der Waals surface area contributed by atoms with Crippen molar-refractivity contribution in [1.82, 2.24) is 0 Å². The molecule has 2 N–H and O–H groups in total. The topological polar surface area (TPSA) is 60.2 Å². The Balaban J connectivity index is 2.24. The molecule has 2 unspecified atom stereocenters. The van der Waals surface area contributed by atoms with E-state index in [2.05, 4.69) is 6.92 Å². The summed E-state index contributed by atoms with van der Waals surface area (Å²) in [6, 6.07) is 4.34. The van der Waals surface area contributed by atoms with Gasteiger partial charge in [0.15, 0.2) is 11.5 Å². The smallest absolute Gasteiger partial charge is 0.309 e. The first-order valence-electron chi connectivity index (χ1n) is 6.88. The van der Waals surface area contributed by atoms with Crippen molar-refractivity contribution in [3.8, 4) is 11.5 Å². The van der Waals surface area contributed by atoms with E-state index in [-0.39, 0.29) is 12.5 Å². The summed E-state index contributed by atoms with van der Waals surface area (Å²) in [4.78, 5) is 12.0. The van der Waals surface area contributed by atoms with Crippen LogP contribution in [0.2, 0.25) is 0 Å². The summed E-state index contributed by atoms with van der Waals surface area (Å²) >= 11 is 0. The van der Waals surface area contributed by atoms with Gasteiger partial charge in [-0.3, -0.25) is 4.79 Å². The van der Waals surface area contributed by atoms with Crippen LogP contribution in [0.1, 0.15) is 30.5 Å². The lowest BCUT2D eigenvalue weighted by atomic mass is 9.92. The number of hydrogen-bond acceptors (Lipinski definition) is 3. The van der Waals surface area contributed by atoms with Gasteiger partial charge >= 0.3 is 5.97 Å². The molecule has 0 radical (unpaired) electrons. The summed E-state index contributed by atoms with van der Waals surface area (Å²) < 4.78 is 10.7. The van der Waals surface area contributed by atoms with Gasteiger partial charge in [0.1, 0.15) is 6.04 Å². The molecule has 0 spiro atoms. The zero-order valence-electron chi connectivity index (χ0n) is 12.2. The summed E-state index contributed by atoms with van der Waals surface area (Å²) in [7, 11) is 3.27. The standard InChI is InChI=1S/C15H21NO4/c1-10-12-9-14(20-3)13(19-2)8-11(12)4-6-16(10)7-5-15(17)18/h8-10H,4-7H2,1-3H3,(H,17,18)/p+1. The van der Waals surface area contributed by atoms with Gasteiger partial charge in [0.05, 0.1) is 33.7 Å². The van der Waals surface area contributed by atoms with Gasteiger partial charge in [0, 0.05) is 12.0 Å². The lowest BCUT2D eigenvalue weighted by molar-refractivity contribution is -0.931.